The zero-order valence-electron chi connectivity index (χ0n) is 11.0. The maximum atomic E-state index is 12.0. The molecule has 1 amide bonds. The Kier molecular flexibility index (Phi) is 3.90. The summed E-state index contributed by atoms with van der Waals surface area (Å²) >= 11 is 1.68. The number of nitrogens with one attached hydrogen (secondary N) is 1. The third kappa shape index (κ3) is 3.15. The fourth-order valence-electron chi connectivity index (χ4n) is 1.81. The zero-order chi connectivity index (χ0) is 13.9. The smallest absolute Gasteiger partial charge is 0.255 e. The second-order valence-corrected chi connectivity index (χ2v) is 6.01. The Morgan fingerprint density at radius 1 is 1.26 bits per heavy atom. The van der Waals surface area contributed by atoms with Gasteiger partial charge in [-0.25, -0.2) is 0 Å². The fraction of sp³-hybridized carbons (Fsp3) is 0.267. The molecule has 3 nitrogen and oxygen atoms in total. The van der Waals surface area contributed by atoms with Crippen molar-refractivity contribution in [3.63, 3.8) is 0 Å². The molecule has 0 aliphatic carbocycles. The topological polar surface area (TPSA) is 49.3 Å². The minimum atomic E-state index is -0.247. The molecule has 0 bridgehead atoms. The largest absolute Gasteiger partial charge is 0.507 e. The predicted octanol–water partition coefficient (Wildman–Crippen LogP) is 3.16. The van der Waals surface area contributed by atoms with Crippen molar-refractivity contribution in [1.29, 1.82) is 0 Å². The van der Waals surface area contributed by atoms with Gasteiger partial charge in [-0.3, -0.25) is 4.79 Å². The SMILES string of the molecule is CC(C)(CNC(=O)c1ccccc1O)c1cccs1. The second kappa shape index (κ2) is 5.45. The molecule has 0 radical (unpaired) electrons. The number of carbonyl (C=O) groups excluding carboxylic acids is 1. The summed E-state index contributed by atoms with van der Waals surface area (Å²) in [7, 11) is 0. The van der Waals surface area contributed by atoms with E-state index in [0.29, 0.717) is 12.1 Å². The van der Waals surface area contributed by atoms with Crippen LogP contribution in [0.1, 0.15) is 29.1 Å². The summed E-state index contributed by atoms with van der Waals surface area (Å²) in [5.41, 5.74) is 0.193. The van der Waals surface area contributed by atoms with Crippen LogP contribution < -0.4 is 5.32 Å². The number of para-hydroxylation sites is 1. The van der Waals surface area contributed by atoms with E-state index < -0.39 is 0 Å². The molecule has 1 heterocycles. The van der Waals surface area contributed by atoms with Gasteiger partial charge in [0.05, 0.1) is 5.56 Å². The number of phenols is 1. The third-order valence-electron chi connectivity index (χ3n) is 3.03. The van der Waals surface area contributed by atoms with Crippen molar-refractivity contribution in [3.8, 4) is 5.75 Å². The highest BCUT2D eigenvalue weighted by molar-refractivity contribution is 7.10. The minimum Gasteiger partial charge on any atom is -0.507 e. The first-order valence-corrected chi connectivity index (χ1v) is 6.99. The van der Waals surface area contributed by atoms with Gasteiger partial charge in [0.15, 0.2) is 0 Å². The summed E-state index contributed by atoms with van der Waals surface area (Å²) in [6.07, 6.45) is 0. The van der Waals surface area contributed by atoms with Crippen molar-refractivity contribution < 1.29 is 9.90 Å². The van der Waals surface area contributed by atoms with Crippen LogP contribution in [0.15, 0.2) is 41.8 Å². The van der Waals surface area contributed by atoms with Crippen molar-refractivity contribution in [2.75, 3.05) is 6.54 Å². The molecular formula is C15H17NO2S. The van der Waals surface area contributed by atoms with Crippen LogP contribution in [0.4, 0.5) is 0 Å². The van der Waals surface area contributed by atoms with E-state index in [1.807, 2.05) is 11.4 Å². The summed E-state index contributed by atoms with van der Waals surface area (Å²) in [5.74, 6) is -0.239. The lowest BCUT2D eigenvalue weighted by Crippen LogP contribution is -2.36. The van der Waals surface area contributed by atoms with E-state index in [2.05, 4.69) is 25.2 Å². The van der Waals surface area contributed by atoms with Crippen LogP contribution in [0, 0.1) is 0 Å². The van der Waals surface area contributed by atoms with E-state index in [1.54, 1.807) is 29.5 Å². The highest BCUT2D eigenvalue weighted by Gasteiger charge is 2.23. The molecule has 0 fully saturated rings. The lowest BCUT2D eigenvalue weighted by Gasteiger charge is -2.23. The molecule has 0 saturated heterocycles. The van der Waals surface area contributed by atoms with Gasteiger partial charge in [0.25, 0.3) is 5.91 Å². The standard InChI is InChI=1S/C15H17NO2S/c1-15(2,13-8-5-9-19-13)10-16-14(18)11-6-3-4-7-12(11)17/h3-9,17H,10H2,1-2H3,(H,16,18). The molecule has 0 saturated carbocycles. The van der Waals surface area contributed by atoms with E-state index in [4.69, 9.17) is 0 Å². The maximum absolute atomic E-state index is 12.0. The number of hydrogen-bond donors (Lipinski definition) is 2. The van der Waals surface area contributed by atoms with E-state index in [-0.39, 0.29) is 17.1 Å². The van der Waals surface area contributed by atoms with Gasteiger partial charge >= 0.3 is 0 Å². The summed E-state index contributed by atoms with van der Waals surface area (Å²) in [4.78, 5) is 13.2. The van der Waals surface area contributed by atoms with Crippen molar-refractivity contribution in [2.45, 2.75) is 19.3 Å². The molecule has 0 aliphatic rings. The first-order chi connectivity index (χ1) is 9.00. The molecule has 1 aromatic carbocycles. The first-order valence-electron chi connectivity index (χ1n) is 6.11. The van der Waals surface area contributed by atoms with E-state index in [1.165, 1.54) is 10.9 Å². The Morgan fingerprint density at radius 2 is 2.00 bits per heavy atom. The van der Waals surface area contributed by atoms with Gasteiger partial charge in [0.2, 0.25) is 0 Å². The predicted molar refractivity (Wildman–Crippen MR) is 77.8 cm³/mol. The maximum Gasteiger partial charge on any atom is 0.255 e. The van der Waals surface area contributed by atoms with E-state index in [0.717, 1.165) is 0 Å². The van der Waals surface area contributed by atoms with Crippen LogP contribution in [0.5, 0.6) is 5.75 Å². The monoisotopic (exact) mass is 275 g/mol. The molecule has 0 unspecified atom stereocenters. The number of hydrogen-bond acceptors (Lipinski definition) is 3. The highest BCUT2D eigenvalue weighted by atomic mass is 32.1. The molecule has 2 aromatic rings. The van der Waals surface area contributed by atoms with Crippen LogP contribution in [0.2, 0.25) is 0 Å². The average molecular weight is 275 g/mol. The summed E-state index contributed by atoms with van der Waals surface area (Å²) in [6.45, 7) is 4.70. The lowest BCUT2D eigenvalue weighted by atomic mass is 9.91. The van der Waals surface area contributed by atoms with Crippen LogP contribution >= 0.6 is 11.3 Å². The molecule has 2 N–H and O–H groups in total. The summed E-state index contributed by atoms with van der Waals surface area (Å²) in [6, 6.07) is 10.6. The Morgan fingerprint density at radius 3 is 2.63 bits per heavy atom. The van der Waals surface area contributed by atoms with Gasteiger partial charge < -0.3 is 10.4 Å². The highest BCUT2D eigenvalue weighted by Crippen LogP contribution is 2.26. The van der Waals surface area contributed by atoms with E-state index in [9.17, 15) is 9.90 Å². The molecular weight excluding hydrogens is 258 g/mol. The summed E-state index contributed by atoms with van der Waals surface area (Å²) in [5, 5.41) is 14.5. The molecule has 0 aliphatic heterocycles. The molecule has 1 aromatic heterocycles. The molecule has 0 atom stereocenters. The fourth-order valence-corrected chi connectivity index (χ4v) is 2.66. The van der Waals surface area contributed by atoms with Gasteiger partial charge in [-0.1, -0.05) is 32.0 Å². The number of amides is 1. The van der Waals surface area contributed by atoms with Gasteiger partial charge in [-0.2, -0.15) is 0 Å². The lowest BCUT2D eigenvalue weighted by molar-refractivity contribution is 0.0943. The summed E-state index contributed by atoms with van der Waals surface area (Å²) < 4.78 is 0. The molecule has 2 rings (SSSR count). The second-order valence-electron chi connectivity index (χ2n) is 5.06. The zero-order valence-corrected chi connectivity index (χ0v) is 11.8. The van der Waals surface area contributed by atoms with Gasteiger partial charge in [0, 0.05) is 16.8 Å². The van der Waals surface area contributed by atoms with Gasteiger partial charge in [0.1, 0.15) is 5.75 Å². The number of thiophene rings is 1. The Labute approximate surface area is 116 Å². The van der Waals surface area contributed by atoms with Gasteiger partial charge in [-0.05, 0) is 23.6 Å². The molecule has 19 heavy (non-hydrogen) atoms. The first kappa shape index (κ1) is 13.6. The number of benzene rings is 1. The number of carbonyl (C=O) groups is 1. The quantitative estimate of drug-likeness (QED) is 0.900. The normalized spacial score (nSPS) is 11.3. The van der Waals surface area contributed by atoms with Crippen molar-refractivity contribution >= 4 is 17.2 Å². The van der Waals surface area contributed by atoms with Crippen LogP contribution in [-0.2, 0) is 5.41 Å². The molecule has 100 valence electrons. The number of rotatable bonds is 4. The number of phenolic OH excluding ortho intramolecular Hbond substituents is 1. The van der Waals surface area contributed by atoms with E-state index >= 15 is 0 Å². The Hall–Kier alpha value is -1.81. The van der Waals surface area contributed by atoms with Crippen molar-refractivity contribution in [1.82, 2.24) is 5.32 Å². The van der Waals surface area contributed by atoms with Crippen molar-refractivity contribution in [2.24, 2.45) is 0 Å². The molecule has 0 spiro atoms. The van der Waals surface area contributed by atoms with Crippen LogP contribution in [0.3, 0.4) is 0 Å². The Balaban J connectivity index is 2.03. The van der Waals surface area contributed by atoms with Crippen LogP contribution in [-0.4, -0.2) is 17.6 Å². The minimum absolute atomic E-state index is 0.00827. The van der Waals surface area contributed by atoms with Gasteiger partial charge in [-0.15, -0.1) is 11.3 Å². The average Bonchev–Trinajstić information content (AvgIpc) is 2.91. The van der Waals surface area contributed by atoms with Crippen molar-refractivity contribution in [3.05, 3.63) is 52.2 Å². The Bertz CT molecular complexity index is 561. The molecule has 4 heteroatoms. The third-order valence-corrected chi connectivity index (χ3v) is 4.26. The van der Waals surface area contributed by atoms with Crippen LogP contribution in [0.25, 0.3) is 0 Å². The number of aromatic hydroxyl groups is 1.